The highest BCUT2D eigenvalue weighted by molar-refractivity contribution is 7.13. The molecule has 1 fully saturated rings. The fourth-order valence-electron chi connectivity index (χ4n) is 3.03. The first kappa shape index (κ1) is 18.4. The molecule has 0 atom stereocenters. The Balaban J connectivity index is 1.20. The van der Waals surface area contributed by atoms with E-state index in [1.165, 1.54) is 0 Å². The van der Waals surface area contributed by atoms with Gasteiger partial charge in [-0.15, -0.1) is 11.3 Å². The van der Waals surface area contributed by atoms with Crippen LogP contribution in [0.2, 0.25) is 5.02 Å². The van der Waals surface area contributed by atoms with Crippen LogP contribution >= 0.6 is 22.9 Å². The predicted molar refractivity (Wildman–Crippen MR) is 106 cm³/mol. The molecule has 0 bridgehead atoms. The molecule has 0 unspecified atom stereocenters. The quantitative estimate of drug-likeness (QED) is 0.599. The number of halogens is 1. The van der Waals surface area contributed by atoms with Gasteiger partial charge in [-0.3, -0.25) is 9.80 Å². The minimum absolute atomic E-state index is 0.636. The molecule has 0 saturated carbocycles. The fourth-order valence-corrected chi connectivity index (χ4v) is 3.87. The fraction of sp³-hybridized carbons (Fsp3) is 0.368. The molecule has 2 aromatic heterocycles. The van der Waals surface area contributed by atoms with Crippen LogP contribution in [0.3, 0.4) is 0 Å². The number of rotatable bonds is 7. The number of benzene rings is 1. The van der Waals surface area contributed by atoms with E-state index in [2.05, 4.69) is 19.9 Å². The van der Waals surface area contributed by atoms with Crippen LogP contribution in [0.15, 0.2) is 46.3 Å². The van der Waals surface area contributed by atoms with E-state index in [1.54, 1.807) is 11.3 Å². The van der Waals surface area contributed by atoms with E-state index in [9.17, 15) is 0 Å². The zero-order chi connectivity index (χ0) is 18.5. The Hall–Kier alpha value is -1.93. The van der Waals surface area contributed by atoms with Gasteiger partial charge in [0.25, 0.3) is 0 Å². The van der Waals surface area contributed by atoms with Gasteiger partial charge in [-0.25, -0.2) is 0 Å². The van der Waals surface area contributed by atoms with Crippen LogP contribution in [0.4, 0.5) is 0 Å². The van der Waals surface area contributed by atoms with E-state index < -0.39 is 0 Å². The van der Waals surface area contributed by atoms with Crippen LogP contribution in [0.25, 0.3) is 10.7 Å². The van der Waals surface area contributed by atoms with Crippen molar-refractivity contribution < 1.29 is 9.26 Å². The number of piperazine rings is 1. The van der Waals surface area contributed by atoms with Crippen molar-refractivity contribution in [3.05, 3.63) is 52.7 Å². The molecule has 1 aromatic carbocycles. The Bertz CT molecular complexity index is 847. The molecule has 0 spiro atoms. The van der Waals surface area contributed by atoms with Gasteiger partial charge in [0.05, 0.1) is 16.4 Å². The first-order valence-electron chi connectivity index (χ1n) is 8.96. The van der Waals surface area contributed by atoms with Crippen molar-refractivity contribution in [2.24, 2.45) is 0 Å². The molecule has 0 aliphatic carbocycles. The van der Waals surface area contributed by atoms with Crippen molar-refractivity contribution in [3.8, 4) is 16.5 Å². The molecule has 27 heavy (non-hydrogen) atoms. The summed E-state index contributed by atoms with van der Waals surface area (Å²) in [7, 11) is 0. The number of hydrogen-bond acceptors (Lipinski definition) is 7. The topological polar surface area (TPSA) is 54.6 Å². The zero-order valence-corrected chi connectivity index (χ0v) is 16.5. The summed E-state index contributed by atoms with van der Waals surface area (Å²) in [6.45, 7) is 6.17. The maximum atomic E-state index is 6.11. The normalized spacial score (nSPS) is 15.9. The highest BCUT2D eigenvalue weighted by Crippen LogP contribution is 2.23. The van der Waals surface area contributed by atoms with Gasteiger partial charge in [0.15, 0.2) is 0 Å². The third-order valence-electron chi connectivity index (χ3n) is 4.54. The summed E-state index contributed by atoms with van der Waals surface area (Å²) in [5.74, 6) is 2.10. The van der Waals surface area contributed by atoms with Gasteiger partial charge in [0.1, 0.15) is 12.4 Å². The number of ether oxygens (including phenoxy) is 1. The summed E-state index contributed by atoms with van der Waals surface area (Å²) in [5.41, 5.74) is 0. The Labute approximate surface area is 167 Å². The summed E-state index contributed by atoms with van der Waals surface area (Å²) in [6, 6.07) is 11.6. The molecule has 1 aliphatic rings. The van der Waals surface area contributed by atoms with Gasteiger partial charge in [-0.05, 0) is 23.6 Å². The number of nitrogens with zero attached hydrogens (tertiary/aromatic N) is 4. The molecule has 0 amide bonds. The van der Waals surface area contributed by atoms with Crippen LogP contribution in [0.5, 0.6) is 5.75 Å². The summed E-state index contributed by atoms with van der Waals surface area (Å²) < 4.78 is 11.2. The maximum absolute atomic E-state index is 6.11. The highest BCUT2D eigenvalue weighted by atomic mass is 35.5. The maximum Gasteiger partial charge on any atom is 0.241 e. The van der Waals surface area contributed by atoms with Crippen molar-refractivity contribution in [2.45, 2.75) is 6.54 Å². The monoisotopic (exact) mass is 404 g/mol. The van der Waals surface area contributed by atoms with E-state index in [0.717, 1.165) is 43.4 Å². The van der Waals surface area contributed by atoms with Gasteiger partial charge >= 0.3 is 0 Å². The lowest BCUT2D eigenvalue weighted by molar-refractivity contribution is 0.104. The molecule has 6 nitrogen and oxygen atoms in total. The lowest BCUT2D eigenvalue weighted by Gasteiger charge is -2.33. The molecule has 1 saturated heterocycles. The minimum atomic E-state index is 0.636. The standard InChI is InChI=1S/C19H21ClN4O2S/c20-15-4-1-2-5-16(15)25-12-11-23-7-9-24(10-8-23)14-18-21-19(22-26-18)17-6-3-13-27-17/h1-6,13H,7-12,14H2. The molecule has 3 heterocycles. The van der Waals surface area contributed by atoms with E-state index in [-0.39, 0.29) is 0 Å². The van der Waals surface area contributed by atoms with E-state index in [1.807, 2.05) is 41.8 Å². The molecular weight excluding hydrogens is 384 g/mol. The van der Waals surface area contributed by atoms with Gasteiger partial charge < -0.3 is 9.26 Å². The van der Waals surface area contributed by atoms with Crippen LogP contribution in [-0.2, 0) is 6.54 Å². The van der Waals surface area contributed by atoms with Crippen LogP contribution in [0, 0.1) is 0 Å². The molecule has 8 heteroatoms. The van der Waals surface area contributed by atoms with Crippen LogP contribution in [-0.4, -0.2) is 59.3 Å². The Morgan fingerprint density at radius 1 is 1.07 bits per heavy atom. The third-order valence-corrected chi connectivity index (χ3v) is 5.71. The summed E-state index contributed by atoms with van der Waals surface area (Å²) in [6.07, 6.45) is 0. The van der Waals surface area contributed by atoms with Gasteiger partial charge in [0, 0.05) is 32.7 Å². The second kappa shape index (κ2) is 8.84. The van der Waals surface area contributed by atoms with E-state index in [4.69, 9.17) is 20.9 Å². The van der Waals surface area contributed by atoms with E-state index in [0.29, 0.717) is 29.9 Å². The molecule has 3 aromatic rings. The van der Waals surface area contributed by atoms with Crippen molar-refractivity contribution in [1.82, 2.24) is 19.9 Å². The first-order valence-corrected chi connectivity index (χ1v) is 10.2. The smallest absolute Gasteiger partial charge is 0.241 e. The van der Waals surface area contributed by atoms with Crippen molar-refractivity contribution >= 4 is 22.9 Å². The lowest BCUT2D eigenvalue weighted by Crippen LogP contribution is -2.47. The van der Waals surface area contributed by atoms with Gasteiger partial charge in [0.2, 0.25) is 11.7 Å². The Morgan fingerprint density at radius 2 is 1.89 bits per heavy atom. The van der Waals surface area contributed by atoms with Gasteiger partial charge in [-0.1, -0.05) is 35.0 Å². The van der Waals surface area contributed by atoms with Crippen molar-refractivity contribution in [1.29, 1.82) is 0 Å². The second-order valence-electron chi connectivity index (χ2n) is 6.39. The SMILES string of the molecule is Clc1ccccc1OCCN1CCN(Cc2nc(-c3cccs3)no2)CC1. The number of hydrogen-bond donors (Lipinski definition) is 0. The second-order valence-corrected chi connectivity index (χ2v) is 7.74. The number of para-hydroxylation sites is 1. The summed E-state index contributed by atoms with van der Waals surface area (Å²) in [4.78, 5) is 10.3. The molecular formula is C19H21ClN4O2S. The van der Waals surface area contributed by atoms with Crippen LogP contribution in [0.1, 0.15) is 5.89 Å². The average Bonchev–Trinajstić information content (AvgIpc) is 3.36. The minimum Gasteiger partial charge on any atom is -0.491 e. The van der Waals surface area contributed by atoms with Crippen molar-refractivity contribution in [2.75, 3.05) is 39.3 Å². The molecule has 142 valence electrons. The largest absolute Gasteiger partial charge is 0.491 e. The molecule has 4 rings (SSSR count). The average molecular weight is 405 g/mol. The summed E-state index contributed by atoms with van der Waals surface area (Å²) >= 11 is 7.73. The van der Waals surface area contributed by atoms with Gasteiger partial charge in [-0.2, -0.15) is 4.98 Å². The first-order chi connectivity index (χ1) is 13.3. The lowest BCUT2D eigenvalue weighted by atomic mass is 10.3. The highest BCUT2D eigenvalue weighted by Gasteiger charge is 2.19. The van der Waals surface area contributed by atoms with E-state index >= 15 is 0 Å². The zero-order valence-electron chi connectivity index (χ0n) is 14.9. The third kappa shape index (κ3) is 4.87. The number of thiophene rings is 1. The summed E-state index contributed by atoms with van der Waals surface area (Å²) in [5, 5.41) is 6.75. The Morgan fingerprint density at radius 3 is 2.67 bits per heavy atom. The predicted octanol–water partition coefficient (Wildman–Crippen LogP) is 3.65. The van der Waals surface area contributed by atoms with Crippen molar-refractivity contribution in [3.63, 3.8) is 0 Å². The van der Waals surface area contributed by atoms with Crippen LogP contribution < -0.4 is 4.74 Å². The molecule has 0 N–H and O–H groups in total. The number of aromatic nitrogens is 2. The Kier molecular flexibility index (Phi) is 6.03. The molecule has 0 radical (unpaired) electrons. The molecule has 1 aliphatic heterocycles.